The second-order valence-electron chi connectivity index (χ2n) is 2.68. The molecule has 2 N–H and O–H groups in total. The van der Waals surface area contributed by atoms with Gasteiger partial charge < -0.3 is 9.53 Å². The van der Waals surface area contributed by atoms with Crippen LogP contribution in [0.2, 0.25) is 0 Å². The molecule has 0 aromatic carbocycles. The largest absolute Gasteiger partial charge is 0.347 e. The molecule has 1 heterocycles. The van der Waals surface area contributed by atoms with Gasteiger partial charge in [0, 0.05) is 6.20 Å². The second kappa shape index (κ2) is 4.96. The maximum Gasteiger partial charge on any atom is 0.242 e. The molecular weight excluding hydrogens is 220 g/mol. The zero-order valence-electron chi connectivity index (χ0n) is 7.74. The number of rotatable bonds is 5. The lowest BCUT2D eigenvalue weighted by molar-refractivity contribution is -0.112. The molecule has 1 rings (SSSR count). The van der Waals surface area contributed by atoms with Gasteiger partial charge in [-0.3, -0.25) is 4.98 Å². The summed E-state index contributed by atoms with van der Waals surface area (Å²) in [4.78, 5) is 13.9. The molecule has 0 aliphatic heterocycles. The number of pyridine rings is 1. The van der Waals surface area contributed by atoms with Crippen LogP contribution in [0, 0.1) is 0 Å². The average molecular weight is 230 g/mol. The van der Waals surface area contributed by atoms with E-state index in [1.807, 2.05) is 0 Å². The second-order valence-corrected chi connectivity index (χ2v) is 4.28. The van der Waals surface area contributed by atoms with E-state index in [0.717, 1.165) is 0 Å². The Balaban J connectivity index is 2.97. The van der Waals surface area contributed by atoms with Gasteiger partial charge in [-0.15, -0.1) is 0 Å². The van der Waals surface area contributed by atoms with Crippen molar-refractivity contribution in [2.45, 2.75) is 5.44 Å². The van der Waals surface area contributed by atoms with Crippen LogP contribution < -0.4 is 5.14 Å². The predicted molar refractivity (Wildman–Crippen MR) is 52.1 cm³/mol. The Morgan fingerprint density at radius 3 is 2.73 bits per heavy atom. The Kier molecular flexibility index (Phi) is 3.89. The molecule has 82 valence electrons. The maximum absolute atomic E-state index is 11.1. The zero-order valence-corrected chi connectivity index (χ0v) is 8.55. The Labute approximate surface area is 87.1 Å². The highest BCUT2D eigenvalue weighted by atomic mass is 32.2. The van der Waals surface area contributed by atoms with Crippen LogP contribution in [0.25, 0.3) is 0 Å². The fourth-order valence-electron chi connectivity index (χ4n) is 0.991. The number of nitrogens with two attached hydrogens (primary N) is 1. The van der Waals surface area contributed by atoms with Gasteiger partial charge in [-0.25, -0.2) is 13.6 Å². The van der Waals surface area contributed by atoms with E-state index in [4.69, 9.17) is 9.88 Å². The number of aldehydes is 1. The molecule has 1 aromatic rings. The monoisotopic (exact) mass is 230 g/mol. The summed E-state index contributed by atoms with van der Waals surface area (Å²) < 4.78 is 27.1. The molecule has 1 aromatic heterocycles. The van der Waals surface area contributed by atoms with E-state index in [0.29, 0.717) is 6.29 Å². The fourth-order valence-corrected chi connectivity index (χ4v) is 1.73. The summed E-state index contributed by atoms with van der Waals surface area (Å²) >= 11 is 0. The van der Waals surface area contributed by atoms with Gasteiger partial charge in [0.05, 0.1) is 5.69 Å². The number of primary sulfonamides is 1. The van der Waals surface area contributed by atoms with E-state index < -0.39 is 15.5 Å². The van der Waals surface area contributed by atoms with Gasteiger partial charge in [0.15, 0.2) is 0 Å². The number of carbonyl (C=O) groups is 1. The SMILES string of the molecule is NS(=O)(=O)C(OCC=O)c1ccccn1. The average Bonchev–Trinajstić information content (AvgIpc) is 2.18. The molecular formula is C8H10N2O4S. The van der Waals surface area contributed by atoms with Gasteiger partial charge >= 0.3 is 0 Å². The molecule has 6 nitrogen and oxygen atoms in total. The first-order valence-corrected chi connectivity index (χ1v) is 5.64. The highest BCUT2D eigenvalue weighted by Crippen LogP contribution is 2.18. The standard InChI is InChI=1S/C8H10N2O4S/c9-15(12,13)8(14-6-5-11)7-3-1-2-4-10-7/h1-5,8H,6H2,(H2,9,12,13). The van der Waals surface area contributed by atoms with E-state index in [2.05, 4.69) is 4.98 Å². The number of aromatic nitrogens is 1. The molecule has 0 saturated heterocycles. The van der Waals surface area contributed by atoms with Gasteiger partial charge in [-0.2, -0.15) is 0 Å². The third-order valence-corrected chi connectivity index (χ3v) is 2.52. The molecule has 0 aliphatic rings. The van der Waals surface area contributed by atoms with Crippen molar-refractivity contribution >= 4 is 16.3 Å². The first-order valence-electron chi connectivity index (χ1n) is 4.03. The lowest BCUT2D eigenvalue weighted by Crippen LogP contribution is -2.25. The van der Waals surface area contributed by atoms with Gasteiger partial charge in [0.2, 0.25) is 15.5 Å². The predicted octanol–water partition coefficient (Wildman–Crippen LogP) is -0.416. The third-order valence-electron chi connectivity index (χ3n) is 1.54. The Morgan fingerprint density at radius 1 is 1.53 bits per heavy atom. The normalized spacial score (nSPS) is 13.4. The van der Waals surface area contributed by atoms with Crippen molar-refractivity contribution in [2.75, 3.05) is 6.61 Å². The molecule has 15 heavy (non-hydrogen) atoms. The third kappa shape index (κ3) is 3.39. The Bertz CT molecular complexity index is 418. The highest BCUT2D eigenvalue weighted by Gasteiger charge is 2.25. The van der Waals surface area contributed by atoms with E-state index in [1.54, 1.807) is 12.1 Å². The Hall–Kier alpha value is -1.31. The minimum absolute atomic E-state index is 0.154. The summed E-state index contributed by atoms with van der Waals surface area (Å²) in [5.41, 5.74) is -1.24. The number of carbonyl (C=O) groups excluding carboxylic acids is 1. The summed E-state index contributed by atoms with van der Waals surface area (Å²) in [7, 11) is -3.93. The van der Waals surface area contributed by atoms with Gasteiger partial charge in [0.25, 0.3) is 0 Å². The fraction of sp³-hybridized carbons (Fsp3) is 0.250. The molecule has 0 spiro atoms. The molecule has 0 fully saturated rings. The van der Waals surface area contributed by atoms with E-state index in [1.165, 1.54) is 12.3 Å². The van der Waals surface area contributed by atoms with Crippen LogP contribution in [0.4, 0.5) is 0 Å². The molecule has 1 atom stereocenters. The summed E-state index contributed by atoms with van der Waals surface area (Å²) in [5.74, 6) is 0. The van der Waals surface area contributed by atoms with Crippen LogP contribution in [-0.2, 0) is 19.6 Å². The minimum atomic E-state index is -3.93. The van der Waals surface area contributed by atoms with E-state index in [-0.39, 0.29) is 12.3 Å². The number of hydrogen-bond acceptors (Lipinski definition) is 5. The lowest BCUT2D eigenvalue weighted by Gasteiger charge is -2.12. The zero-order chi connectivity index (χ0) is 11.3. The minimum Gasteiger partial charge on any atom is -0.347 e. The first-order chi connectivity index (χ1) is 7.05. The summed E-state index contributed by atoms with van der Waals surface area (Å²) in [6.45, 7) is -0.350. The van der Waals surface area contributed by atoms with E-state index in [9.17, 15) is 13.2 Å². The summed E-state index contributed by atoms with van der Waals surface area (Å²) in [5, 5.41) is 4.94. The highest BCUT2D eigenvalue weighted by molar-refractivity contribution is 7.89. The molecule has 7 heteroatoms. The van der Waals surface area contributed by atoms with Crippen molar-refractivity contribution < 1.29 is 17.9 Å². The van der Waals surface area contributed by atoms with Crippen molar-refractivity contribution in [1.29, 1.82) is 0 Å². The number of hydrogen-bond donors (Lipinski definition) is 1. The van der Waals surface area contributed by atoms with Crippen molar-refractivity contribution in [3.63, 3.8) is 0 Å². The molecule has 0 aliphatic carbocycles. The summed E-state index contributed by atoms with van der Waals surface area (Å²) in [6, 6.07) is 4.69. The van der Waals surface area contributed by atoms with E-state index >= 15 is 0 Å². The van der Waals surface area contributed by atoms with Crippen molar-refractivity contribution in [1.82, 2.24) is 4.98 Å². The van der Waals surface area contributed by atoms with Crippen LogP contribution in [-0.4, -0.2) is 26.3 Å². The van der Waals surface area contributed by atoms with Gasteiger partial charge in [-0.1, -0.05) is 6.07 Å². The van der Waals surface area contributed by atoms with Gasteiger partial charge in [0.1, 0.15) is 12.9 Å². The molecule has 0 bridgehead atoms. The Morgan fingerprint density at radius 2 is 2.27 bits per heavy atom. The lowest BCUT2D eigenvalue weighted by atomic mass is 10.4. The van der Waals surface area contributed by atoms with Gasteiger partial charge in [-0.05, 0) is 12.1 Å². The maximum atomic E-state index is 11.1. The van der Waals surface area contributed by atoms with Crippen molar-refractivity contribution in [2.24, 2.45) is 5.14 Å². The quantitative estimate of drug-likeness (QED) is 0.693. The number of ether oxygens (including phenoxy) is 1. The van der Waals surface area contributed by atoms with Crippen LogP contribution in [0.15, 0.2) is 24.4 Å². The van der Waals surface area contributed by atoms with Crippen molar-refractivity contribution in [3.8, 4) is 0 Å². The number of sulfonamides is 1. The smallest absolute Gasteiger partial charge is 0.242 e. The molecule has 0 saturated carbocycles. The summed E-state index contributed by atoms with van der Waals surface area (Å²) in [6.07, 6.45) is 1.86. The van der Waals surface area contributed by atoms with Crippen LogP contribution >= 0.6 is 0 Å². The molecule has 0 radical (unpaired) electrons. The van der Waals surface area contributed by atoms with Crippen LogP contribution in [0.1, 0.15) is 11.1 Å². The van der Waals surface area contributed by atoms with Crippen LogP contribution in [0.3, 0.4) is 0 Å². The van der Waals surface area contributed by atoms with Crippen LogP contribution in [0.5, 0.6) is 0 Å². The topological polar surface area (TPSA) is 99.4 Å². The first kappa shape index (κ1) is 11.8. The molecule has 0 amide bonds. The molecule has 1 unspecified atom stereocenters. The number of nitrogens with zero attached hydrogens (tertiary/aromatic N) is 1. The van der Waals surface area contributed by atoms with Crippen molar-refractivity contribution in [3.05, 3.63) is 30.1 Å².